The number of methoxy groups -OCH3 is 1. The lowest BCUT2D eigenvalue weighted by Gasteiger charge is -2.41. The van der Waals surface area contributed by atoms with E-state index in [1.54, 1.807) is 7.11 Å². The first-order valence-electron chi connectivity index (χ1n) is 5.31. The molecule has 1 N–H and O–H groups in total. The fourth-order valence-corrected chi connectivity index (χ4v) is 2.63. The molecule has 13 heavy (non-hydrogen) atoms. The van der Waals surface area contributed by atoms with E-state index in [4.69, 9.17) is 4.74 Å². The van der Waals surface area contributed by atoms with Gasteiger partial charge in [-0.05, 0) is 24.7 Å². The summed E-state index contributed by atoms with van der Waals surface area (Å²) in [7, 11) is 1.67. The average molecular weight is 186 g/mol. The minimum Gasteiger partial charge on any atom is -0.387 e. The van der Waals surface area contributed by atoms with Gasteiger partial charge in [0.2, 0.25) is 0 Å². The third-order valence-corrected chi connectivity index (χ3v) is 3.26. The van der Waals surface area contributed by atoms with Gasteiger partial charge in [-0.15, -0.1) is 0 Å². The van der Waals surface area contributed by atoms with Crippen LogP contribution in [0, 0.1) is 11.8 Å². The minimum atomic E-state index is -0.554. The molecule has 1 aliphatic rings. The highest BCUT2D eigenvalue weighted by Crippen LogP contribution is 2.38. The molecule has 0 saturated heterocycles. The molecule has 78 valence electrons. The van der Waals surface area contributed by atoms with E-state index in [1.807, 2.05) is 0 Å². The molecule has 0 heterocycles. The largest absolute Gasteiger partial charge is 0.387 e. The summed E-state index contributed by atoms with van der Waals surface area (Å²) in [6.45, 7) is 4.88. The lowest BCUT2D eigenvalue weighted by Crippen LogP contribution is -2.46. The van der Waals surface area contributed by atoms with Gasteiger partial charge >= 0.3 is 0 Å². The normalized spacial score (nSPS) is 35.3. The summed E-state index contributed by atoms with van der Waals surface area (Å²) in [5, 5.41) is 10.4. The fourth-order valence-electron chi connectivity index (χ4n) is 2.63. The van der Waals surface area contributed by atoms with Crippen molar-refractivity contribution in [3.8, 4) is 0 Å². The van der Waals surface area contributed by atoms with Crippen molar-refractivity contribution in [2.75, 3.05) is 13.7 Å². The first kappa shape index (κ1) is 11.0. The van der Waals surface area contributed by atoms with Crippen LogP contribution in [-0.4, -0.2) is 24.4 Å². The summed E-state index contributed by atoms with van der Waals surface area (Å²) >= 11 is 0. The summed E-state index contributed by atoms with van der Waals surface area (Å²) in [5.74, 6) is 0.974. The maximum Gasteiger partial charge on any atom is 0.0910 e. The third kappa shape index (κ3) is 2.44. The van der Waals surface area contributed by atoms with Gasteiger partial charge in [0.15, 0.2) is 0 Å². The van der Waals surface area contributed by atoms with Crippen molar-refractivity contribution >= 4 is 0 Å². The second-order valence-electron chi connectivity index (χ2n) is 4.63. The molecule has 0 bridgehead atoms. The summed E-state index contributed by atoms with van der Waals surface area (Å²) in [6.07, 6.45) is 4.46. The number of rotatable bonds is 3. The molecule has 0 radical (unpaired) electrons. The smallest absolute Gasteiger partial charge is 0.0910 e. The van der Waals surface area contributed by atoms with E-state index in [9.17, 15) is 5.11 Å². The minimum absolute atomic E-state index is 0.418. The molecule has 1 aliphatic carbocycles. The Morgan fingerprint density at radius 3 is 2.69 bits per heavy atom. The van der Waals surface area contributed by atoms with E-state index in [2.05, 4.69) is 13.8 Å². The van der Waals surface area contributed by atoms with Crippen LogP contribution in [0.5, 0.6) is 0 Å². The molecular formula is C11H22O2. The first-order valence-corrected chi connectivity index (χ1v) is 5.31. The summed E-state index contributed by atoms with van der Waals surface area (Å²) in [5.41, 5.74) is -0.554. The Labute approximate surface area is 81.3 Å². The second-order valence-corrected chi connectivity index (χ2v) is 4.63. The van der Waals surface area contributed by atoms with Gasteiger partial charge in [-0.1, -0.05) is 26.7 Å². The second kappa shape index (κ2) is 4.43. The van der Waals surface area contributed by atoms with Crippen molar-refractivity contribution in [1.82, 2.24) is 0 Å². The molecule has 0 aliphatic heterocycles. The van der Waals surface area contributed by atoms with Gasteiger partial charge in [-0.3, -0.25) is 0 Å². The van der Waals surface area contributed by atoms with Crippen LogP contribution in [0.1, 0.15) is 39.5 Å². The van der Waals surface area contributed by atoms with Crippen LogP contribution in [-0.2, 0) is 4.74 Å². The average Bonchev–Trinajstić information content (AvgIpc) is 2.04. The molecule has 2 atom stereocenters. The van der Waals surface area contributed by atoms with Crippen LogP contribution in [0.4, 0.5) is 0 Å². The lowest BCUT2D eigenvalue weighted by atomic mass is 9.70. The predicted octanol–water partition coefficient (Wildman–Crippen LogP) is 2.21. The molecule has 2 nitrogen and oxygen atoms in total. The van der Waals surface area contributed by atoms with Crippen LogP contribution in [0.15, 0.2) is 0 Å². The monoisotopic (exact) mass is 186 g/mol. The summed E-state index contributed by atoms with van der Waals surface area (Å²) in [4.78, 5) is 0. The quantitative estimate of drug-likeness (QED) is 0.732. The maximum absolute atomic E-state index is 10.4. The van der Waals surface area contributed by atoms with Crippen molar-refractivity contribution in [1.29, 1.82) is 0 Å². The first-order chi connectivity index (χ1) is 6.10. The van der Waals surface area contributed by atoms with Crippen molar-refractivity contribution in [2.45, 2.75) is 45.1 Å². The lowest BCUT2D eigenvalue weighted by molar-refractivity contribution is -0.109. The SMILES string of the molecule is COCC1(O)CCCCC1C(C)C. The highest BCUT2D eigenvalue weighted by Gasteiger charge is 2.40. The Morgan fingerprint density at radius 1 is 1.46 bits per heavy atom. The van der Waals surface area contributed by atoms with E-state index in [-0.39, 0.29) is 0 Å². The van der Waals surface area contributed by atoms with Crippen LogP contribution in [0.3, 0.4) is 0 Å². The van der Waals surface area contributed by atoms with Crippen molar-refractivity contribution in [2.24, 2.45) is 11.8 Å². The zero-order valence-corrected chi connectivity index (χ0v) is 9.05. The molecule has 0 spiro atoms. The number of ether oxygens (including phenoxy) is 1. The number of hydrogen-bond donors (Lipinski definition) is 1. The molecule has 1 saturated carbocycles. The van der Waals surface area contributed by atoms with Gasteiger partial charge in [0.25, 0.3) is 0 Å². The zero-order chi connectivity index (χ0) is 9.90. The van der Waals surface area contributed by atoms with Crippen molar-refractivity contribution in [3.63, 3.8) is 0 Å². The molecule has 0 aromatic carbocycles. The van der Waals surface area contributed by atoms with E-state index in [0.29, 0.717) is 18.4 Å². The molecule has 1 rings (SSSR count). The predicted molar refractivity (Wildman–Crippen MR) is 53.6 cm³/mol. The van der Waals surface area contributed by atoms with Crippen molar-refractivity contribution < 1.29 is 9.84 Å². The highest BCUT2D eigenvalue weighted by atomic mass is 16.5. The molecule has 0 amide bonds. The Morgan fingerprint density at radius 2 is 2.15 bits per heavy atom. The third-order valence-electron chi connectivity index (χ3n) is 3.26. The Balaban J connectivity index is 2.65. The molecule has 1 fully saturated rings. The number of hydrogen-bond acceptors (Lipinski definition) is 2. The maximum atomic E-state index is 10.4. The van der Waals surface area contributed by atoms with E-state index >= 15 is 0 Å². The fraction of sp³-hybridized carbons (Fsp3) is 1.00. The Hall–Kier alpha value is -0.0800. The molecule has 0 aromatic rings. The Bertz CT molecular complexity index is 152. The summed E-state index contributed by atoms with van der Waals surface area (Å²) in [6, 6.07) is 0. The highest BCUT2D eigenvalue weighted by molar-refractivity contribution is 4.91. The van der Waals surface area contributed by atoms with Crippen LogP contribution in [0.2, 0.25) is 0 Å². The van der Waals surface area contributed by atoms with Gasteiger partial charge in [0.05, 0.1) is 12.2 Å². The van der Waals surface area contributed by atoms with Gasteiger partial charge in [0.1, 0.15) is 0 Å². The van der Waals surface area contributed by atoms with Gasteiger partial charge in [0, 0.05) is 7.11 Å². The van der Waals surface area contributed by atoms with Crippen LogP contribution < -0.4 is 0 Å². The van der Waals surface area contributed by atoms with E-state index in [0.717, 1.165) is 19.3 Å². The number of aliphatic hydroxyl groups is 1. The van der Waals surface area contributed by atoms with Gasteiger partial charge in [-0.25, -0.2) is 0 Å². The molecule has 0 aromatic heterocycles. The van der Waals surface area contributed by atoms with Gasteiger partial charge in [-0.2, -0.15) is 0 Å². The van der Waals surface area contributed by atoms with E-state index < -0.39 is 5.60 Å². The van der Waals surface area contributed by atoms with Gasteiger partial charge < -0.3 is 9.84 Å². The van der Waals surface area contributed by atoms with Crippen LogP contribution in [0.25, 0.3) is 0 Å². The van der Waals surface area contributed by atoms with Crippen molar-refractivity contribution in [3.05, 3.63) is 0 Å². The van der Waals surface area contributed by atoms with Crippen LogP contribution >= 0.6 is 0 Å². The molecular weight excluding hydrogens is 164 g/mol. The topological polar surface area (TPSA) is 29.5 Å². The Kier molecular flexibility index (Phi) is 3.74. The molecule has 2 unspecified atom stereocenters. The van der Waals surface area contributed by atoms with E-state index in [1.165, 1.54) is 6.42 Å². The summed E-state index contributed by atoms with van der Waals surface area (Å²) < 4.78 is 5.11. The standard InChI is InChI=1S/C11H22O2/c1-9(2)10-6-4-5-7-11(10,12)8-13-3/h9-10,12H,4-8H2,1-3H3. The molecule has 2 heteroatoms. The zero-order valence-electron chi connectivity index (χ0n) is 9.05.